The van der Waals surface area contributed by atoms with Crippen molar-refractivity contribution >= 4 is 5.91 Å². The van der Waals surface area contributed by atoms with Gasteiger partial charge in [-0.2, -0.15) is 0 Å². The van der Waals surface area contributed by atoms with Crippen LogP contribution >= 0.6 is 0 Å². The number of hydrogen-bond donors (Lipinski definition) is 2. The Labute approximate surface area is 88.2 Å². The van der Waals surface area contributed by atoms with Gasteiger partial charge in [-0.25, -0.2) is 0 Å². The minimum atomic E-state index is -0.00375. The number of carbonyl (C=O) groups excluding carboxylic acids is 1. The smallest absolute Gasteiger partial charge is 0.234 e. The number of nitrogens with zero attached hydrogens (tertiary/aromatic N) is 1. The first-order valence-corrected chi connectivity index (χ1v) is 5.16. The van der Waals surface area contributed by atoms with Gasteiger partial charge in [0.25, 0.3) is 0 Å². The first kappa shape index (κ1) is 10.2. The number of carbonyl (C=O) groups is 1. The van der Waals surface area contributed by atoms with Crippen LogP contribution in [0.1, 0.15) is 24.3 Å². The highest BCUT2D eigenvalue weighted by Gasteiger charge is 2.20. The molecule has 1 aromatic heterocycles. The molecular formula is C10H15N3O2. The summed E-state index contributed by atoms with van der Waals surface area (Å²) in [6.45, 7) is 2.65. The summed E-state index contributed by atoms with van der Waals surface area (Å²) in [6, 6.07) is 2.37. The average Bonchev–Trinajstić information content (AvgIpc) is 2.95. The first-order valence-electron chi connectivity index (χ1n) is 5.16. The van der Waals surface area contributed by atoms with Gasteiger partial charge in [-0.3, -0.25) is 4.79 Å². The Morgan fingerprint density at radius 3 is 3.07 bits per heavy atom. The van der Waals surface area contributed by atoms with E-state index >= 15 is 0 Å². The molecule has 0 radical (unpaired) electrons. The molecule has 15 heavy (non-hydrogen) atoms. The number of aromatic nitrogens is 1. The van der Waals surface area contributed by atoms with Crippen molar-refractivity contribution in [3.05, 3.63) is 17.5 Å². The molecule has 0 unspecified atom stereocenters. The molecule has 0 atom stereocenters. The number of rotatable bonds is 5. The zero-order chi connectivity index (χ0) is 10.7. The lowest BCUT2D eigenvalue weighted by molar-refractivity contribution is -0.120. The van der Waals surface area contributed by atoms with Crippen LogP contribution in [0, 0.1) is 6.92 Å². The Hall–Kier alpha value is -1.36. The molecule has 2 rings (SSSR count). The monoisotopic (exact) mass is 209 g/mol. The maximum absolute atomic E-state index is 11.3. The van der Waals surface area contributed by atoms with Crippen LogP contribution in [0.4, 0.5) is 0 Å². The molecule has 1 aliphatic rings. The fraction of sp³-hybridized carbons (Fsp3) is 0.600. The van der Waals surface area contributed by atoms with Crippen molar-refractivity contribution in [3.8, 4) is 0 Å². The number of amides is 1. The minimum absolute atomic E-state index is 0.00375. The van der Waals surface area contributed by atoms with E-state index in [1.807, 2.05) is 13.0 Å². The topological polar surface area (TPSA) is 67.2 Å². The van der Waals surface area contributed by atoms with Crippen LogP contribution in [0.15, 0.2) is 10.6 Å². The summed E-state index contributed by atoms with van der Waals surface area (Å²) in [5.41, 5.74) is 0.829. The lowest BCUT2D eigenvalue weighted by Gasteiger charge is -2.03. The minimum Gasteiger partial charge on any atom is -0.359 e. The van der Waals surface area contributed by atoms with Gasteiger partial charge >= 0.3 is 0 Å². The summed E-state index contributed by atoms with van der Waals surface area (Å²) in [5.74, 6) is 0.684. The number of aryl methyl sites for hydroxylation is 1. The summed E-state index contributed by atoms with van der Waals surface area (Å²) >= 11 is 0. The molecule has 2 N–H and O–H groups in total. The van der Waals surface area contributed by atoms with Crippen molar-refractivity contribution in [2.75, 3.05) is 6.54 Å². The Bertz CT molecular complexity index is 344. The summed E-state index contributed by atoms with van der Waals surface area (Å²) < 4.78 is 4.97. The highest BCUT2D eigenvalue weighted by molar-refractivity contribution is 5.77. The molecule has 0 spiro atoms. The van der Waals surface area contributed by atoms with E-state index in [2.05, 4.69) is 15.8 Å². The summed E-state index contributed by atoms with van der Waals surface area (Å²) in [5, 5.41) is 9.64. The summed E-state index contributed by atoms with van der Waals surface area (Å²) in [6.07, 6.45) is 2.38. The molecule has 0 bridgehead atoms. The van der Waals surface area contributed by atoms with Gasteiger partial charge in [0.15, 0.2) is 5.76 Å². The van der Waals surface area contributed by atoms with Crippen LogP contribution in [0.2, 0.25) is 0 Å². The predicted octanol–water partition coefficient (Wildman–Crippen LogP) is 0.351. The van der Waals surface area contributed by atoms with Crippen molar-refractivity contribution in [2.45, 2.75) is 32.4 Å². The lowest BCUT2D eigenvalue weighted by Crippen LogP contribution is -2.34. The highest BCUT2D eigenvalue weighted by Crippen LogP contribution is 2.17. The Balaban J connectivity index is 1.65. The van der Waals surface area contributed by atoms with Crippen molar-refractivity contribution in [3.63, 3.8) is 0 Å². The maximum Gasteiger partial charge on any atom is 0.234 e. The van der Waals surface area contributed by atoms with Crippen LogP contribution in [0.25, 0.3) is 0 Å². The van der Waals surface area contributed by atoms with Crippen LogP contribution in [-0.4, -0.2) is 23.7 Å². The van der Waals surface area contributed by atoms with E-state index in [1.54, 1.807) is 0 Å². The molecule has 1 fully saturated rings. The third-order valence-electron chi connectivity index (χ3n) is 2.27. The second-order valence-corrected chi connectivity index (χ2v) is 3.87. The standard InChI is InChI=1S/C10H15N3O2/c1-7-4-9(15-13-7)5-12-10(14)6-11-8-2-3-8/h4,8,11H,2-3,5-6H2,1H3,(H,12,14). The van der Waals surface area contributed by atoms with E-state index in [1.165, 1.54) is 12.8 Å². The van der Waals surface area contributed by atoms with E-state index in [4.69, 9.17) is 4.52 Å². The van der Waals surface area contributed by atoms with Crippen LogP contribution < -0.4 is 10.6 Å². The lowest BCUT2D eigenvalue weighted by atomic mass is 10.4. The third kappa shape index (κ3) is 3.36. The normalized spacial score (nSPS) is 15.3. The predicted molar refractivity (Wildman–Crippen MR) is 54.1 cm³/mol. The first-order chi connectivity index (χ1) is 7.24. The second kappa shape index (κ2) is 4.44. The zero-order valence-corrected chi connectivity index (χ0v) is 8.75. The molecule has 82 valence electrons. The highest BCUT2D eigenvalue weighted by atomic mass is 16.5. The van der Waals surface area contributed by atoms with Gasteiger partial charge in [0.05, 0.1) is 18.8 Å². The van der Waals surface area contributed by atoms with E-state index in [9.17, 15) is 4.79 Å². The Kier molecular flexibility index (Phi) is 3.01. The molecule has 0 aromatic carbocycles. The van der Waals surface area contributed by atoms with Gasteiger partial charge in [0, 0.05) is 12.1 Å². The van der Waals surface area contributed by atoms with Gasteiger partial charge in [0.2, 0.25) is 5.91 Å². The molecule has 1 aromatic rings. The zero-order valence-electron chi connectivity index (χ0n) is 8.75. The number of nitrogens with one attached hydrogen (secondary N) is 2. The van der Waals surface area contributed by atoms with Gasteiger partial charge in [-0.15, -0.1) is 0 Å². The molecule has 5 heteroatoms. The quantitative estimate of drug-likeness (QED) is 0.734. The fourth-order valence-corrected chi connectivity index (χ4v) is 1.27. The third-order valence-corrected chi connectivity index (χ3v) is 2.27. The van der Waals surface area contributed by atoms with E-state index in [0.29, 0.717) is 24.9 Å². The van der Waals surface area contributed by atoms with Crippen molar-refractivity contribution < 1.29 is 9.32 Å². The van der Waals surface area contributed by atoms with Crippen LogP contribution in [-0.2, 0) is 11.3 Å². The largest absolute Gasteiger partial charge is 0.359 e. The SMILES string of the molecule is Cc1cc(CNC(=O)CNC2CC2)on1. The molecule has 0 aliphatic heterocycles. The van der Waals surface area contributed by atoms with Crippen LogP contribution in [0.3, 0.4) is 0 Å². The van der Waals surface area contributed by atoms with Crippen LogP contribution in [0.5, 0.6) is 0 Å². The average molecular weight is 209 g/mol. The molecular weight excluding hydrogens is 194 g/mol. The van der Waals surface area contributed by atoms with Crippen molar-refractivity contribution in [1.82, 2.24) is 15.8 Å². The van der Waals surface area contributed by atoms with Gasteiger partial charge in [0.1, 0.15) is 0 Å². The van der Waals surface area contributed by atoms with E-state index in [-0.39, 0.29) is 5.91 Å². The van der Waals surface area contributed by atoms with Crippen molar-refractivity contribution in [1.29, 1.82) is 0 Å². The Morgan fingerprint density at radius 1 is 1.67 bits per heavy atom. The van der Waals surface area contributed by atoms with E-state index in [0.717, 1.165) is 5.69 Å². The van der Waals surface area contributed by atoms with Gasteiger partial charge in [-0.1, -0.05) is 5.16 Å². The molecule has 1 heterocycles. The molecule has 1 saturated carbocycles. The number of hydrogen-bond acceptors (Lipinski definition) is 4. The summed E-state index contributed by atoms with van der Waals surface area (Å²) in [7, 11) is 0. The molecule has 1 amide bonds. The molecule has 5 nitrogen and oxygen atoms in total. The molecule has 1 aliphatic carbocycles. The second-order valence-electron chi connectivity index (χ2n) is 3.87. The maximum atomic E-state index is 11.3. The Morgan fingerprint density at radius 2 is 2.47 bits per heavy atom. The van der Waals surface area contributed by atoms with Crippen molar-refractivity contribution in [2.24, 2.45) is 0 Å². The van der Waals surface area contributed by atoms with Gasteiger partial charge in [-0.05, 0) is 19.8 Å². The van der Waals surface area contributed by atoms with Gasteiger partial charge < -0.3 is 15.2 Å². The molecule has 0 saturated heterocycles. The van der Waals surface area contributed by atoms with E-state index < -0.39 is 0 Å². The summed E-state index contributed by atoms with van der Waals surface area (Å²) in [4.78, 5) is 11.3. The fourth-order valence-electron chi connectivity index (χ4n) is 1.27.